The standard InChI is InChI=1S/C22H28N2O2S/c1-3-18-20(15(2)16-10-6-4-7-11-16)23-22(24-21(18)26)27-14-19(25)17-12-8-5-9-13-17/h5,8-9,12-13,15-16H,3-4,6-7,10-11,14H2,1-2H3,(H,23,24,26). The number of rotatable bonds is 7. The zero-order valence-corrected chi connectivity index (χ0v) is 17.0. The lowest BCUT2D eigenvalue weighted by atomic mass is 9.78. The van der Waals surface area contributed by atoms with E-state index in [1.165, 1.54) is 43.9 Å². The molecule has 0 spiro atoms. The number of nitrogens with zero attached hydrogens (tertiary/aromatic N) is 1. The number of carbonyl (C=O) groups is 1. The molecule has 3 rings (SSSR count). The summed E-state index contributed by atoms with van der Waals surface area (Å²) in [5.41, 5.74) is 2.36. The van der Waals surface area contributed by atoms with Crippen molar-refractivity contribution in [2.75, 3.05) is 5.75 Å². The van der Waals surface area contributed by atoms with Crippen LogP contribution in [0.15, 0.2) is 40.3 Å². The van der Waals surface area contributed by atoms with Gasteiger partial charge in [0, 0.05) is 17.0 Å². The van der Waals surface area contributed by atoms with Crippen LogP contribution in [0.3, 0.4) is 0 Å². The van der Waals surface area contributed by atoms with Crippen molar-refractivity contribution >= 4 is 17.5 Å². The molecule has 0 bridgehead atoms. The minimum Gasteiger partial charge on any atom is -0.301 e. The normalized spacial score (nSPS) is 16.2. The van der Waals surface area contributed by atoms with Gasteiger partial charge in [0.25, 0.3) is 5.56 Å². The summed E-state index contributed by atoms with van der Waals surface area (Å²) >= 11 is 1.32. The molecule has 0 aliphatic heterocycles. The van der Waals surface area contributed by atoms with Crippen molar-refractivity contribution < 1.29 is 4.79 Å². The molecule has 1 aliphatic carbocycles. The van der Waals surface area contributed by atoms with E-state index < -0.39 is 0 Å². The van der Waals surface area contributed by atoms with Gasteiger partial charge in [0.05, 0.1) is 11.4 Å². The van der Waals surface area contributed by atoms with Gasteiger partial charge in [-0.2, -0.15) is 0 Å². The maximum atomic E-state index is 12.6. The molecular weight excluding hydrogens is 356 g/mol. The number of thioether (sulfide) groups is 1. The predicted octanol–water partition coefficient (Wildman–Crippen LogP) is 4.99. The Morgan fingerprint density at radius 3 is 2.59 bits per heavy atom. The summed E-state index contributed by atoms with van der Waals surface area (Å²) in [6.45, 7) is 4.22. The molecule has 1 atom stereocenters. The van der Waals surface area contributed by atoms with E-state index in [1.807, 2.05) is 37.3 Å². The Morgan fingerprint density at radius 2 is 1.93 bits per heavy atom. The van der Waals surface area contributed by atoms with Gasteiger partial charge in [-0.05, 0) is 25.2 Å². The molecule has 1 N–H and O–H groups in total. The first-order valence-electron chi connectivity index (χ1n) is 9.94. The van der Waals surface area contributed by atoms with Gasteiger partial charge in [-0.25, -0.2) is 4.98 Å². The second-order valence-corrected chi connectivity index (χ2v) is 8.32. The molecule has 1 aromatic heterocycles. The number of Topliss-reactive ketones (excluding diaryl/α,β-unsaturated/α-hetero) is 1. The molecule has 1 fully saturated rings. The van der Waals surface area contributed by atoms with E-state index in [0.717, 1.165) is 11.3 Å². The molecule has 4 nitrogen and oxygen atoms in total. The van der Waals surface area contributed by atoms with Gasteiger partial charge in [-0.1, -0.05) is 75.2 Å². The van der Waals surface area contributed by atoms with Gasteiger partial charge in [0.15, 0.2) is 10.9 Å². The Hall–Kier alpha value is -1.88. The first-order valence-corrected chi connectivity index (χ1v) is 10.9. The SMILES string of the molecule is CCc1c(C(C)C2CCCCC2)nc(SCC(=O)c2ccccc2)[nH]c1=O. The van der Waals surface area contributed by atoms with Crippen LogP contribution in [-0.4, -0.2) is 21.5 Å². The van der Waals surface area contributed by atoms with Gasteiger partial charge >= 0.3 is 0 Å². The maximum Gasteiger partial charge on any atom is 0.254 e. The number of ketones is 1. The number of hydrogen-bond donors (Lipinski definition) is 1. The molecular formula is C22H28N2O2S. The molecule has 0 amide bonds. The zero-order chi connectivity index (χ0) is 19.2. The third-order valence-electron chi connectivity index (χ3n) is 5.60. The third-order valence-corrected chi connectivity index (χ3v) is 6.48. The summed E-state index contributed by atoms with van der Waals surface area (Å²) in [6, 6.07) is 9.24. The number of carbonyl (C=O) groups excluding carboxylic acids is 1. The Kier molecular flexibility index (Phi) is 6.89. The summed E-state index contributed by atoms with van der Waals surface area (Å²) in [4.78, 5) is 32.6. The molecule has 1 aromatic carbocycles. The molecule has 1 saturated carbocycles. The van der Waals surface area contributed by atoms with Crippen LogP contribution >= 0.6 is 11.8 Å². The molecule has 0 saturated heterocycles. The molecule has 1 unspecified atom stereocenters. The van der Waals surface area contributed by atoms with Crippen LogP contribution in [0.5, 0.6) is 0 Å². The van der Waals surface area contributed by atoms with Crippen LogP contribution in [-0.2, 0) is 6.42 Å². The topological polar surface area (TPSA) is 62.8 Å². The van der Waals surface area contributed by atoms with Gasteiger partial charge in [0.2, 0.25) is 0 Å². The summed E-state index contributed by atoms with van der Waals surface area (Å²) in [6.07, 6.45) is 6.97. The van der Waals surface area contributed by atoms with Gasteiger partial charge in [-0.3, -0.25) is 9.59 Å². The van der Waals surface area contributed by atoms with Crippen molar-refractivity contribution in [3.8, 4) is 0 Å². The third kappa shape index (κ3) is 4.89. The fraction of sp³-hybridized carbons (Fsp3) is 0.500. The predicted molar refractivity (Wildman–Crippen MR) is 111 cm³/mol. The van der Waals surface area contributed by atoms with Gasteiger partial charge < -0.3 is 4.98 Å². The van der Waals surface area contributed by atoms with E-state index in [4.69, 9.17) is 4.98 Å². The van der Waals surface area contributed by atoms with E-state index in [-0.39, 0.29) is 23.0 Å². The highest BCUT2D eigenvalue weighted by Crippen LogP contribution is 2.36. The number of aromatic nitrogens is 2. The summed E-state index contributed by atoms with van der Waals surface area (Å²) in [5.74, 6) is 1.20. The molecule has 144 valence electrons. The number of hydrogen-bond acceptors (Lipinski definition) is 4. The zero-order valence-electron chi connectivity index (χ0n) is 16.2. The first kappa shape index (κ1) is 19.9. The Morgan fingerprint density at radius 1 is 1.22 bits per heavy atom. The summed E-state index contributed by atoms with van der Waals surface area (Å²) in [7, 11) is 0. The van der Waals surface area contributed by atoms with Crippen molar-refractivity contribution in [3.05, 3.63) is 57.5 Å². The van der Waals surface area contributed by atoms with Crippen molar-refractivity contribution in [2.24, 2.45) is 5.92 Å². The van der Waals surface area contributed by atoms with Crippen molar-refractivity contribution in [1.29, 1.82) is 0 Å². The van der Waals surface area contributed by atoms with Crippen LogP contribution < -0.4 is 5.56 Å². The Labute approximate surface area is 165 Å². The number of nitrogens with one attached hydrogen (secondary N) is 1. The molecule has 1 aliphatic rings. The fourth-order valence-electron chi connectivity index (χ4n) is 3.98. The van der Waals surface area contributed by atoms with Crippen LogP contribution in [0.25, 0.3) is 0 Å². The minimum absolute atomic E-state index is 0.0460. The van der Waals surface area contributed by atoms with Crippen molar-refractivity contribution in [3.63, 3.8) is 0 Å². The maximum absolute atomic E-state index is 12.6. The fourth-order valence-corrected chi connectivity index (χ4v) is 4.74. The van der Waals surface area contributed by atoms with Crippen molar-refractivity contribution in [2.45, 2.75) is 63.4 Å². The minimum atomic E-state index is -0.0557. The van der Waals surface area contributed by atoms with E-state index in [9.17, 15) is 9.59 Å². The van der Waals surface area contributed by atoms with Crippen molar-refractivity contribution in [1.82, 2.24) is 9.97 Å². The summed E-state index contributed by atoms with van der Waals surface area (Å²) < 4.78 is 0. The smallest absolute Gasteiger partial charge is 0.254 e. The molecule has 0 radical (unpaired) electrons. The summed E-state index contributed by atoms with van der Waals surface area (Å²) in [5, 5.41) is 0.555. The van der Waals surface area contributed by atoms with Crippen LogP contribution in [0.4, 0.5) is 0 Å². The lowest BCUT2D eigenvalue weighted by molar-refractivity contribution is 0.102. The highest BCUT2D eigenvalue weighted by atomic mass is 32.2. The molecule has 27 heavy (non-hydrogen) atoms. The second-order valence-electron chi connectivity index (χ2n) is 7.35. The average Bonchev–Trinajstić information content (AvgIpc) is 2.72. The van der Waals surface area contributed by atoms with E-state index in [2.05, 4.69) is 11.9 Å². The Balaban J connectivity index is 1.79. The monoisotopic (exact) mass is 384 g/mol. The Bertz CT molecular complexity index is 826. The molecule has 1 heterocycles. The number of aromatic amines is 1. The van der Waals surface area contributed by atoms with E-state index in [0.29, 0.717) is 23.1 Å². The lowest BCUT2D eigenvalue weighted by Gasteiger charge is -2.28. The largest absolute Gasteiger partial charge is 0.301 e. The average molecular weight is 385 g/mol. The van der Waals surface area contributed by atoms with Crippen LogP contribution in [0.1, 0.15) is 73.5 Å². The highest BCUT2D eigenvalue weighted by molar-refractivity contribution is 7.99. The van der Waals surface area contributed by atoms with E-state index >= 15 is 0 Å². The highest BCUT2D eigenvalue weighted by Gasteiger charge is 2.26. The second kappa shape index (κ2) is 9.36. The number of H-pyrrole nitrogens is 1. The van der Waals surface area contributed by atoms with Crippen LogP contribution in [0, 0.1) is 5.92 Å². The number of benzene rings is 1. The van der Waals surface area contributed by atoms with E-state index in [1.54, 1.807) is 0 Å². The first-order chi connectivity index (χ1) is 13.1. The van der Waals surface area contributed by atoms with Gasteiger partial charge in [0.1, 0.15) is 0 Å². The molecule has 5 heteroatoms. The lowest BCUT2D eigenvalue weighted by Crippen LogP contribution is -2.23. The van der Waals surface area contributed by atoms with Gasteiger partial charge in [-0.15, -0.1) is 0 Å². The molecule has 2 aromatic rings. The quantitative estimate of drug-likeness (QED) is 0.415. The van der Waals surface area contributed by atoms with Crippen LogP contribution in [0.2, 0.25) is 0 Å².